The lowest BCUT2D eigenvalue weighted by molar-refractivity contribution is 0.252. The molecule has 1 aromatic heterocycles. The smallest absolute Gasteiger partial charge is 0.319 e. The molecule has 5 nitrogen and oxygen atoms in total. The highest BCUT2D eigenvalue weighted by molar-refractivity contribution is 5.89. The van der Waals surface area contributed by atoms with E-state index in [2.05, 4.69) is 15.7 Å². The predicted octanol–water partition coefficient (Wildman–Crippen LogP) is 3.51. The Kier molecular flexibility index (Phi) is 5.03. The largest absolute Gasteiger partial charge is 0.338 e. The highest BCUT2D eigenvalue weighted by Crippen LogP contribution is 2.16. The summed E-state index contributed by atoms with van der Waals surface area (Å²) in [5.74, 6) is -2.08. The van der Waals surface area contributed by atoms with Crippen LogP contribution in [0.1, 0.15) is 5.56 Å². The van der Waals surface area contributed by atoms with Crippen LogP contribution in [0.25, 0.3) is 5.69 Å². The third-order valence-electron chi connectivity index (χ3n) is 3.60. The summed E-state index contributed by atoms with van der Waals surface area (Å²) < 4.78 is 28.3. The van der Waals surface area contributed by atoms with E-state index in [1.807, 2.05) is 36.5 Å². The minimum Gasteiger partial charge on any atom is -0.338 e. The summed E-state index contributed by atoms with van der Waals surface area (Å²) in [4.78, 5) is 11.8. The molecule has 0 atom stereocenters. The number of hydrogen-bond acceptors (Lipinski definition) is 2. The van der Waals surface area contributed by atoms with E-state index in [0.29, 0.717) is 13.0 Å². The molecule has 0 aliphatic carbocycles. The fraction of sp³-hybridized carbons (Fsp3) is 0.111. The van der Waals surface area contributed by atoms with Crippen molar-refractivity contribution in [1.82, 2.24) is 15.1 Å². The Morgan fingerprint density at radius 2 is 1.88 bits per heavy atom. The van der Waals surface area contributed by atoms with Gasteiger partial charge in [-0.2, -0.15) is 5.10 Å². The Hall–Kier alpha value is -3.22. The monoisotopic (exact) mass is 342 g/mol. The van der Waals surface area contributed by atoms with Crippen molar-refractivity contribution < 1.29 is 13.6 Å². The van der Waals surface area contributed by atoms with Crippen LogP contribution in [0.4, 0.5) is 19.3 Å². The van der Waals surface area contributed by atoms with E-state index in [9.17, 15) is 13.6 Å². The molecule has 0 fully saturated rings. The zero-order chi connectivity index (χ0) is 17.6. The van der Waals surface area contributed by atoms with Crippen LogP contribution in [-0.2, 0) is 6.42 Å². The molecule has 0 bridgehead atoms. The van der Waals surface area contributed by atoms with Crippen LogP contribution in [0.15, 0.2) is 60.9 Å². The quantitative estimate of drug-likeness (QED) is 0.745. The summed E-state index contributed by atoms with van der Waals surface area (Å²) in [5, 5.41) is 9.05. The average molecular weight is 342 g/mol. The Bertz CT molecular complexity index is 848. The minimum absolute atomic E-state index is 0.193. The summed E-state index contributed by atoms with van der Waals surface area (Å²) >= 11 is 0. The van der Waals surface area contributed by atoms with Crippen LogP contribution >= 0.6 is 0 Å². The van der Waals surface area contributed by atoms with Gasteiger partial charge in [-0.05, 0) is 42.3 Å². The van der Waals surface area contributed by atoms with Gasteiger partial charge in [-0.15, -0.1) is 0 Å². The lowest BCUT2D eigenvalue weighted by atomic mass is 10.1. The van der Waals surface area contributed by atoms with Gasteiger partial charge >= 0.3 is 6.03 Å². The summed E-state index contributed by atoms with van der Waals surface area (Å²) in [5.41, 5.74) is 1.79. The number of anilines is 1. The lowest BCUT2D eigenvalue weighted by Gasteiger charge is -2.09. The van der Waals surface area contributed by atoms with Gasteiger partial charge in [0.15, 0.2) is 11.6 Å². The van der Waals surface area contributed by atoms with Crippen LogP contribution < -0.4 is 10.6 Å². The highest BCUT2D eigenvalue weighted by Gasteiger charge is 2.10. The fourth-order valence-corrected chi connectivity index (χ4v) is 2.32. The number of carbonyl (C=O) groups is 1. The number of aromatic nitrogens is 2. The van der Waals surface area contributed by atoms with Crippen LogP contribution in [0, 0.1) is 11.6 Å². The summed E-state index contributed by atoms with van der Waals surface area (Å²) in [6, 6.07) is 12.6. The van der Waals surface area contributed by atoms with E-state index in [1.165, 1.54) is 12.1 Å². The molecule has 0 saturated heterocycles. The van der Waals surface area contributed by atoms with Crippen molar-refractivity contribution in [1.29, 1.82) is 0 Å². The van der Waals surface area contributed by atoms with Crippen molar-refractivity contribution in [3.05, 3.63) is 78.1 Å². The lowest BCUT2D eigenvalue weighted by Crippen LogP contribution is -2.30. The molecular weight excluding hydrogens is 326 g/mol. The first kappa shape index (κ1) is 16.6. The van der Waals surface area contributed by atoms with E-state index in [1.54, 1.807) is 10.9 Å². The van der Waals surface area contributed by atoms with Crippen molar-refractivity contribution >= 4 is 11.7 Å². The average Bonchev–Trinajstić information content (AvgIpc) is 3.14. The first-order valence-electron chi connectivity index (χ1n) is 7.71. The van der Waals surface area contributed by atoms with E-state index < -0.39 is 17.7 Å². The van der Waals surface area contributed by atoms with E-state index in [0.717, 1.165) is 17.3 Å². The number of nitrogens with one attached hydrogen (secondary N) is 2. The standard InChI is InChI=1S/C18H16F2N4O/c19-15-3-1-4-16(17(15)20)23-18(25)21-11-9-13-5-7-14(8-6-13)24-12-2-10-22-24/h1-8,10,12H,9,11H2,(H2,21,23,25). The van der Waals surface area contributed by atoms with Crippen LogP contribution in [0.3, 0.4) is 0 Å². The summed E-state index contributed by atoms with van der Waals surface area (Å²) in [7, 11) is 0. The maximum absolute atomic E-state index is 13.5. The summed E-state index contributed by atoms with van der Waals surface area (Å²) in [6.45, 7) is 0.365. The number of nitrogens with zero attached hydrogens (tertiary/aromatic N) is 2. The van der Waals surface area contributed by atoms with Crippen LogP contribution in [0.2, 0.25) is 0 Å². The van der Waals surface area contributed by atoms with Crippen LogP contribution in [-0.4, -0.2) is 22.4 Å². The molecule has 2 aromatic carbocycles. The Morgan fingerprint density at radius 1 is 1.08 bits per heavy atom. The number of benzene rings is 2. The third-order valence-corrected chi connectivity index (χ3v) is 3.60. The molecule has 0 spiro atoms. The minimum atomic E-state index is -1.08. The molecule has 0 unspecified atom stereocenters. The molecular formula is C18H16F2N4O. The molecule has 3 rings (SSSR count). The second kappa shape index (κ2) is 7.57. The summed E-state index contributed by atoms with van der Waals surface area (Å²) in [6.07, 6.45) is 4.17. The van der Waals surface area contributed by atoms with Gasteiger partial charge in [0.1, 0.15) is 0 Å². The van der Waals surface area contributed by atoms with Gasteiger partial charge in [0.05, 0.1) is 11.4 Å². The van der Waals surface area contributed by atoms with Gasteiger partial charge < -0.3 is 10.6 Å². The SMILES string of the molecule is O=C(NCCc1ccc(-n2cccn2)cc1)Nc1cccc(F)c1F. The number of rotatable bonds is 5. The molecule has 1 heterocycles. The number of halogens is 2. The highest BCUT2D eigenvalue weighted by atomic mass is 19.2. The van der Waals surface area contributed by atoms with Crippen molar-refractivity contribution in [2.75, 3.05) is 11.9 Å². The topological polar surface area (TPSA) is 59.0 Å². The zero-order valence-electron chi connectivity index (χ0n) is 13.2. The van der Waals surface area contributed by atoms with Gasteiger partial charge in [-0.1, -0.05) is 18.2 Å². The fourth-order valence-electron chi connectivity index (χ4n) is 2.32. The zero-order valence-corrected chi connectivity index (χ0v) is 13.2. The van der Waals surface area contributed by atoms with E-state index in [4.69, 9.17) is 0 Å². The molecule has 2 amide bonds. The normalized spacial score (nSPS) is 10.5. The van der Waals surface area contributed by atoms with Crippen molar-refractivity contribution in [2.24, 2.45) is 0 Å². The third kappa shape index (κ3) is 4.20. The first-order chi connectivity index (χ1) is 12.1. The molecule has 0 aliphatic heterocycles. The maximum atomic E-state index is 13.5. The van der Waals surface area contributed by atoms with Gasteiger partial charge in [0.2, 0.25) is 0 Å². The van der Waals surface area contributed by atoms with Gasteiger partial charge in [-0.3, -0.25) is 0 Å². The second-order valence-electron chi connectivity index (χ2n) is 5.35. The first-order valence-corrected chi connectivity index (χ1v) is 7.71. The van der Waals surface area contributed by atoms with E-state index in [-0.39, 0.29) is 5.69 Å². The molecule has 128 valence electrons. The predicted molar refractivity (Wildman–Crippen MR) is 90.6 cm³/mol. The van der Waals surface area contributed by atoms with Crippen molar-refractivity contribution in [3.8, 4) is 5.69 Å². The van der Waals surface area contributed by atoms with Crippen LogP contribution in [0.5, 0.6) is 0 Å². The Balaban J connectivity index is 1.49. The molecule has 0 radical (unpaired) electrons. The van der Waals surface area contributed by atoms with Gasteiger partial charge in [0, 0.05) is 18.9 Å². The number of hydrogen-bond donors (Lipinski definition) is 2. The Labute approximate surface area is 143 Å². The van der Waals surface area contributed by atoms with Gasteiger partial charge in [0.25, 0.3) is 0 Å². The molecule has 0 aliphatic rings. The second-order valence-corrected chi connectivity index (χ2v) is 5.35. The van der Waals surface area contributed by atoms with E-state index >= 15 is 0 Å². The van der Waals surface area contributed by atoms with Crippen molar-refractivity contribution in [2.45, 2.75) is 6.42 Å². The number of amides is 2. The molecule has 2 N–H and O–H groups in total. The maximum Gasteiger partial charge on any atom is 0.319 e. The number of urea groups is 1. The Morgan fingerprint density at radius 3 is 2.60 bits per heavy atom. The molecule has 0 saturated carbocycles. The molecule has 3 aromatic rings. The molecule has 25 heavy (non-hydrogen) atoms. The number of carbonyl (C=O) groups excluding carboxylic acids is 1. The van der Waals surface area contributed by atoms with Crippen molar-refractivity contribution in [3.63, 3.8) is 0 Å². The molecule has 7 heteroatoms. The van der Waals surface area contributed by atoms with Gasteiger partial charge in [-0.25, -0.2) is 18.3 Å².